The highest BCUT2D eigenvalue weighted by atomic mass is 32.3. The van der Waals surface area contributed by atoms with E-state index in [1.165, 1.54) is 24.3 Å². The molecule has 1 heterocycles. The Bertz CT molecular complexity index is 766. The highest BCUT2D eigenvalue weighted by molar-refractivity contribution is 8.19. The summed E-state index contributed by atoms with van der Waals surface area (Å²) in [4.78, 5) is 21.8. The second-order valence-corrected chi connectivity index (χ2v) is 5.62. The largest absolute Gasteiger partial charge is 0.444 e. The van der Waals surface area contributed by atoms with Gasteiger partial charge in [-0.25, -0.2) is 5.43 Å². The number of amides is 1. The average molecular weight is 341 g/mol. The van der Waals surface area contributed by atoms with Crippen LogP contribution in [0.2, 0.25) is 0 Å². The summed E-state index contributed by atoms with van der Waals surface area (Å²) in [6.07, 6.45) is 1.06. The lowest BCUT2D eigenvalue weighted by Crippen LogP contribution is -2.17. The minimum atomic E-state index is -3.96. The monoisotopic (exact) mass is 341 g/mol. The summed E-state index contributed by atoms with van der Waals surface area (Å²) in [7, 11) is -3.96. The van der Waals surface area contributed by atoms with Gasteiger partial charge in [0.1, 0.15) is 16.6 Å². The van der Waals surface area contributed by atoms with E-state index in [0.717, 1.165) is 18.3 Å². The van der Waals surface area contributed by atoms with Gasteiger partial charge in [0.05, 0.1) is 11.1 Å². The van der Waals surface area contributed by atoms with Crippen LogP contribution in [0, 0.1) is 10.1 Å². The number of carbonyl (C=O) groups excluding carboxylic acids is 1. The highest BCUT2D eigenvalue weighted by Gasteiger charge is 2.19. The van der Waals surface area contributed by atoms with Crippen molar-refractivity contribution in [1.29, 1.82) is 0 Å². The summed E-state index contributed by atoms with van der Waals surface area (Å²) in [5, 5.41) is 13.8. The average Bonchev–Trinajstić information content (AvgIpc) is 2.96. The molecule has 0 aliphatic heterocycles. The number of rotatable bonds is 5. The Morgan fingerprint density at radius 3 is 2.65 bits per heavy atom. The van der Waals surface area contributed by atoms with Crippen LogP contribution in [0.5, 0.6) is 0 Å². The number of non-ortho nitro benzene ring substituents is 1. The fourth-order valence-electron chi connectivity index (χ4n) is 1.53. The summed E-state index contributed by atoms with van der Waals surface area (Å²) in [6.45, 7) is 0. The van der Waals surface area contributed by atoms with E-state index in [1.54, 1.807) is 0 Å². The minimum Gasteiger partial charge on any atom is -0.444 e. The zero-order valence-electron chi connectivity index (χ0n) is 11.3. The Morgan fingerprint density at radius 2 is 2.04 bits per heavy atom. The molecule has 1 aromatic heterocycles. The van der Waals surface area contributed by atoms with Crippen LogP contribution in [0.4, 0.5) is 5.69 Å². The Kier molecular flexibility index (Phi) is 4.76. The van der Waals surface area contributed by atoms with Gasteiger partial charge in [0, 0.05) is 17.7 Å². The molecule has 0 radical (unpaired) electrons. The molecule has 4 N–H and O–H groups in total. The van der Waals surface area contributed by atoms with Crippen LogP contribution in [0.15, 0.2) is 51.0 Å². The van der Waals surface area contributed by atoms with Gasteiger partial charge in [0.15, 0.2) is 0 Å². The Balaban J connectivity index is 2.03. The molecule has 2 aromatic rings. The van der Waals surface area contributed by atoms with E-state index in [0.29, 0.717) is 0 Å². The number of nitrogens with zero attached hydrogens (tertiary/aromatic N) is 2. The predicted octanol–water partition coefficient (Wildman–Crippen LogP) is 2.53. The van der Waals surface area contributed by atoms with Crippen molar-refractivity contribution in [3.8, 4) is 0 Å². The standard InChI is InChI=1S/C12H11N3O7S/c16-12(8-2-1-3-9(6-8)15(17)18)14-13-7-10-4-5-11(22-10)23(19,20)21/h1-7,19-21H,(H,14,16). The van der Waals surface area contributed by atoms with E-state index in [4.69, 9.17) is 18.1 Å². The maximum atomic E-state index is 11.8. The van der Waals surface area contributed by atoms with E-state index in [2.05, 4.69) is 10.5 Å². The second kappa shape index (κ2) is 6.58. The Hall–Kier alpha value is -2.73. The van der Waals surface area contributed by atoms with Gasteiger partial charge in [0.2, 0.25) is 5.09 Å². The molecule has 0 aliphatic rings. The number of carbonyl (C=O) groups is 1. The molecule has 0 unspecified atom stereocenters. The zero-order valence-corrected chi connectivity index (χ0v) is 12.1. The van der Waals surface area contributed by atoms with Crippen LogP contribution in [0.25, 0.3) is 0 Å². The lowest BCUT2D eigenvalue weighted by molar-refractivity contribution is -0.384. The summed E-state index contributed by atoms with van der Waals surface area (Å²) in [5.74, 6) is -0.628. The van der Waals surface area contributed by atoms with Gasteiger partial charge in [0.25, 0.3) is 11.6 Å². The first-order valence-electron chi connectivity index (χ1n) is 5.96. The summed E-state index contributed by atoms with van der Waals surface area (Å²) >= 11 is 0. The van der Waals surface area contributed by atoms with Crippen LogP contribution in [-0.4, -0.2) is 30.7 Å². The molecule has 0 bridgehead atoms. The number of nitro groups is 1. The van der Waals surface area contributed by atoms with Crippen molar-refractivity contribution in [1.82, 2.24) is 5.43 Å². The summed E-state index contributed by atoms with van der Waals surface area (Å²) < 4.78 is 31.8. The molecular formula is C12H11N3O7S. The highest BCUT2D eigenvalue weighted by Crippen LogP contribution is 2.43. The molecule has 0 aliphatic carbocycles. The first-order chi connectivity index (χ1) is 10.8. The molecule has 2 rings (SSSR count). The predicted molar refractivity (Wildman–Crippen MR) is 80.6 cm³/mol. The van der Waals surface area contributed by atoms with Gasteiger partial charge < -0.3 is 18.1 Å². The maximum absolute atomic E-state index is 11.8. The first kappa shape index (κ1) is 16.6. The van der Waals surface area contributed by atoms with Gasteiger partial charge in [-0.15, -0.1) is 0 Å². The number of hydrogen-bond donors (Lipinski definition) is 4. The van der Waals surface area contributed by atoms with Crippen LogP contribution in [-0.2, 0) is 0 Å². The molecule has 0 spiro atoms. The molecule has 1 amide bonds. The van der Waals surface area contributed by atoms with E-state index in [1.807, 2.05) is 0 Å². The summed E-state index contributed by atoms with van der Waals surface area (Å²) in [5.41, 5.74) is 1.94. The lowest BCUT2D eigenvalue weighted by Gasteiger charge is -2.14. The number of furan rings is 1. The van der Waals surface area contributed by atoms with E-state index in [-0.39, 0.29) is 17.0 Å². The SMILES string of the molecule is O=C(NN=Cc1ccc(S(O)(O)O)o1)c1cccc([N+](=O)[O-])c1. The lowest BCUT2D eigenvalue weighted by atomic mass is 10.2. The van der Waals surface area contributed by atoms with Crippen LogP contribution >= 0.6 is 10.9 Å². The molecule has 10 nitrogen and oxygen atoms in total. The quantitative estimate of drug-likeness (QED) is 0.369. The molecular weight excluding hydrogens is 330 g/mol. The van der Waals surface area contributed by atoms with Crippen molar-refractivity contribution in [2.45, 2.75) is 5.09 Å². The Labute approximate surface area is 130 Å². The van der Waals surface area contributed by atoms with Gasteiger partial charge in [-0.2, -0.15) is 5.10 Å². The number of hydrogen-bond acceptors (Lipinski definition) is 8. The first-order valence-corrected chi connectivity index (χ1v) is 7.46. The fraction of sp³-hybridized carbons (Fsp3) is 0. The van der Waals surface area contributed by atoms with E-state index >= 15 is 0 Å². The van der Waals surface area contributed by atoms with E-state index < -0.39 is 26.8 Å². The third-order valence-electron chi connectivity index (χ3n) is 2.55. The van der Waals surface area contributed by atoms with Gasteiger partial charge in [-0.05, 0) is 18.2 Å². The van der Waals surface area contributed by atoms with Crippen LogP contribution in [0.1, 0.15) is 16.1 Å². The molecule has 23 heavy (non-hydrogen) atoms. The molecule has 0 atom stereocenters. The number of hydrazone groups is 1. The molecule has 0 fully saturated rings. The molecule has 122 valence electrons. The summed E-state index contributed by atoms with van der Waals surface area (Å²) in [6, 6.07) is 7.52. The second-order valence-electron chi connectivity index (χ2n) is 4.18. The van der Waals surface area contributed by atoms with Gasteiger partial charge >= 0.3 is 0 Å². The molecule has 0 saturated heterocycles. The topological polar surface area (TPSA) is 158 Å². The van der Waals surface area contributed by atoms with Crippen molar-refractivity contribution in [2.75, 3.05) is 0 Å². The number of benzene rings is 1. The maximum Gasteiger partial charge on any atom is 0.271 e. The van der Waals surface area contributed by atoms with Gasteiger partial charge in [-0.1, -0.05) is 6.07 Å². The third kappa shape index (κ3) is 4.37. The fourth-order valence-corrected chi connectivity index (χ4v) is 1.99. The smallest absolute Gasteiger partial charge is 0.271 e. The van der Waals surface area contributed by atoms with Crippen molar-refractivity contribution in [2.24, 2.45) is 5.10 Å². The normalized spacial score (nSPS) is 12.3. The van der Waals surface area contributed by atoms with Crippen molar-refractivity contribution >= 4 is 28.7 Å². The van der Waals surface area contributed by atoms with Crippen LogP contribution < -0.4 is 5.43 Å². The molecule has 0 saturated carbocycles. The molecule has 1 aromatic carbocycles. The number of nitro benzene ring substituents is 1. The van der Waals surface area contributed by atoms with E-state index in [9.17, 15) is 14.9 Å². The van der Waals surface area contributed by atoms with Crippen LogP contribution in [0.3, 0.4) is 0 Å². The molecule has 11 heteroatoms. The van der Waals surface area contributed by atoms with Gasteiger partial charge in [-0.3, -0.25) is 14.9 Å². The zero-order chi connectivity index (χ0) is 17.0. The van der Waals surface area contributed by atoms with Crippen molar-refractivity contribution in [3.05, 3.63) is 57.8 Å². The number of nitrogens with one attached hydrogen (secondary N) is 1. The van der Waals surface area contributed by atoms with Crippen molar-refractivity contribution < 1.29 is 27.8 Å². The van der Waals surface area contributed by atoms with Crippen molar-refractivity contribution in [3.63, 3.8) is 0 Å². The third-order valence-corrected chi connectivity index (χ3v) is 3.31. The minimum absolute atomic E-state index is 0.0426. The Morgan fingerprint density at radius 1 is 1.30 bits per heavy atom.